The van der Waals surface area contributed by atoms with Gasteiger partial charge in [0.2, 0.25) is 16.0 Å². The van der Waals surface area contributed by atoms with Crippen LogP contribution in [0.3, 0.4) is 0 Å². The Morgan fingerprint density at radius 3 is 2.81 bits per heavy atom. The van der Waals surface area contributed by atoms with Crippen molar-refractivity contribution in [2.75, 3.05) is 16.8 Å². The molecule has 0 aliphatic carbocycles. The monoisotopic (exact) mass is 369 g/mol. The minimum atomic E-state index is -0.348. The molecular formula is C19H23N5OS. The molecule has 6 nitrogen and oxygen atoms in total. The number of aromatic nitrogens is 3. The molecular weight excluding hydrogens is 346 g/mol. The summed E-state index contributed by atoms with van der Waals surface area (Å²) in [5.41, 5.74) is 3.26. The molecule has 26 heavy (non-hydrogen) atoms. The predicted octanol–water partition coefficient (Wildman–Crippen LogP) is 3.48. The van der Waals surface area contributed by atoms with Crippen molar-refractivity contribution in [2.24, 2.45) is 0 Å². The van der Waals surface area contributed by atoms with E-state index in [2.05, 4.69) is 42.2 Å². The van der Waals surface area contributed by atoms with Crippen LogP contribution in [0.1, 0.15) is 39.0 Å². The Bertz CT molecular complexity index is 936. The third kappa shape index (κ3) is 2.96. The van der Waals surface area contributed by atoms with Crippen LogP contribution < -0.4 is 10.2 Å². The summed E-state index contributed by atoms with van der Waals surface area (Å²) in [6.45, 7) is 9.02. The first-order valence-electron chi connectivity index (χ1n) is 8.85. The summed E-state index contributed by atoms with van der Waals surface area (Å²) in [5, 5.41) is 8.48. The van der Waals surface area contributed by atoms with Crippen molar-refractivity contribution in [1.82, 2.24) is 14.6 Å². The number of fused-ring (bicyclic) bond motifs is 2. The van der Waals surface area contributed by atoms with Crippen LogP contribution in [0.2, 0.25) is 0 Å². The molecule has 1 atom stereocenters. The maximum atomic E-state index is 12.9. The zero-order valence-corrected chi connectivity index (χ0v) is 16.3. The van der Waals surface area contributed by atoms with Gasteiger partial charge in [-0.05, 0) is 25.0 Å². The Morgan fingerprint density at radius 1 is 1.31 bits per heavy atom. The number of hydrogen-bond donors (Lipinski definition) is 1. The normalized spacial score (nSPS) is 15.3. The molecule has 1 unspecified atom stereocenters. The molecule has 0 saturated carbocycles. The molecule has 4 rings (SSSR count). The summed E-state index contributed by atoms with van der Waals surface area (Å²) in [6.07, 6.45) is 2.87. The molecule has 0 radical (unpaired) electrons. The van der Waals surface area contributed by atoms with Gasteiger partial charge in [0.1, 0.15) is 6.04 Å². The van der Waals surface area contributed by atoms with Crippen LogP contribution in [0, 0.1) is 0 Å². The zero-order chi connectivity index (χ0) is 18.5. The van der Waals surface area contributed by atoms with E-state index in [9.17, 15) is 4.79 Å². The van der Waals surface area contributed by atoms with Gasteiger partial charge in [-0.25, -0.2) is 9.50 Å². The predicted molar refractivity (Wildman–Crippen MR) is 105 cm³/mol. The number of carbonyl (C=O) groups is 1. The number of hydrogen-bond acceptors (Lipinski definition) is 5. The smallest absolute Gasteiger partial charge is 0.249 e. The average Bonchev–Trinajstić information content (AvgIpc) is 3.25. The number of nitrogens with zero attached hydrogens (tertiary/aromatic N) is 4. The first-order valence-corrected chi connectivity index (χ1v) is 9.67. The van der Waals surface area contributed by atoms with E-state index in [-0.39, 0.29) is 17.4 Å². The molecule has 1 amide bonds. The van der Waals surface area contributed by atoms with E-state index in [0.717, 1.165) is 29.3 Å². The summed E-state index contributed by atoms with van der Waals surface area (Å²) in [7, 11) is 0. The summed E-state index contributed by atoms with van der Waals surface area (Å²) in [5.74, 6) is 0.0678. The molecule has 136 valence electrons. The fourth-order valence-electron chi connectivity index (χ4n) is 3.17. The molecule has 0 saturated heterocycles. The van der Waals surface area contributed by atoms with E-state index in [4.69, 9.17) is 0 Å². The van der Waals surface area contributed by atoms with Gasteiger partial charge in [-0.1, -0.05) is 50.3 Å². The second-order valence-electron chi connectivity index (χ2n) is 7.75. The Hall–Kier alpha value is -2.41. The quantitative estimate of drug-likeness (QED) is 0.768. The lowest BCUT2D eigenvalue weighted by Gasteiger charge is -2.22. The van der Waals surface area contributed by atoms with Crippen molar-refractivity contribution in [2.45, 2.75) is 45.6 Å². The van der Waals surface area contributed by atoms with Gasteiger partial charge >= 0.3 is 0 Å². The largest absolute Gasteiger partial charge is 0.349 e. The van der Waals surface area contributed by atoms with Crippen molar-refractivity contribution >= 4 is 33.0 Å². The van der Waals surface area contributed by atoms with Gasteiger partial charge in [-0.3, -0.25) is 4.79 Å². The highest BCUT2D eigenvalue weighted by Crippen LogP contribution is 2.29. The van der Waals surface area contributed by atoms with E-state index in [1.54, 1.807) is 4.52 Å². The third-order valence-electron chi connectivity index (χ3n) is 4.68. The molecule has 1 aliphatic heterocycles. The highest BCUT2D eigenvalue weighted by atomic mass is 32.1. The van der Waals surface area contributed by atoms with E-state index < -0.39 is 0 Å². The lowest BCUT2D eigenvalue weighted by atomic mass is 9.93. The number of amides is 1. The molecule has 0 fully saturated rings. The minimum absolute atomic E-state index is 0.00653. The van der Waals surface area contributed by atoms with Crippen molar-refractivity contribution in [3.8, 4) is 0 Å². The van der Waals surface area contributed by atoms with Crippen LogP contribution in [0.15, 0.2) is 30.5 Å². The standard InChI is InChI=1S/C19H23N5OS/c1-12(16(25)23-10-9-13-7-5-6-8-14(13)23)20-17-22-24-11-15(19(2,3)4)21-18(24)26-17/h5-8,11-12H,9-10H2,1-4H3,(H,20,22). The highest BCUT2D eigenvalue weighted by Gasteiger charge is 2.28. The van der Waals surface area contributed by atoms with Gasteiger partial charge in [0.15, 0.2) is 0 Å². The second-order valence-corrected chi connectivity index (χ2v) is 8.70. The summed E-state index contributed by atoms with van der Waals surface area (Å²) in [4.78, 5) is 20.2. The van der Waals surface area contributed by atoms with Crippen molar-refractivity contribution in [1.29, 1.82) is 0 Å². The van der Waals surface area contributed by atoms with Crippen LogP contribution in [-0.2, 0) is 16.6 Å². The van der Waals surface area contributed by atoms with Crippen molar-refractivity contribution in [3.05, 3.63) is 41.7 Å². The molecule has 1 N–H and O–H groups in total. The molecule has 0 bridgehead atoms. The minimum Gasteiger partial charge on any atom is -0.349 e. The van der Waals surface area contributed by atoms with Crippen LogP contribution in [0.25, 0.3) is 4.96 Å². The first-order chi connectivity index (χ1) is 12.3. The molecule has 2 aromatic heterocycles. The highest BCUT2D eigenvalue weighted by molar-refractivity contribution is 7.20. The van der Waals surface area contributed by atoms with E-state index in [0.29, 0.717) is 5.13 Å². The van der Waals surface area contributed by atoms with Crippen molar-refractivity contribution in [3.63, 3.8) is 0 Å². The second kappa shape index (κ2) is 6.09. The van der Waals surface area contributed by atoms with Gasteiger partial charge < -0.3 is 10.2 Å². The third-order valence-corrected chi connectivity index (χ3v) is 5.53. The number of carbonyl (C=O) groups excluding carboxylic acids is 1. The van der Waals surface area contributed by atoms with Gasteiger partial charge in [-0.2, -0.15) is 0 Å². The number of anilines is 2. The number of benzene rings is 1. The maximum absolute atomic E-state index is 12.9. The SMILES string of the molecule is CC(Nc1nn2cc(C(C)(C)C)nc2s1)C(=O)N1CCc2ccccc21. The molecule has 3 heterocycles. The maximum Gasteiger partial charge on any atom is 0.249 e. The van der Waals surface area contributed by atoms with Gasteiger partial charge in [0.05, 0.1) is 11.9 Å². The summed E-state index contributed by atoms with van der Waals surface area (Å²) in [6, 6.07) is 7.75. The molecule has 1 aliphatic rings. The van der Waals surface area contributed by atoms with Crippen molar-refractivity contribution < 1.29 is 4.79 Å². The van der Waals surface area contributed by atoms with Crippen LogP contribution in [0.4, 0.5) is 10.8 Å². The van der Waals surface area contributed by atoms with Gasteiger partial charge in [0.25, 0.3) is 0 Å². The average molecular weight is 369 g/mol. The molecule has 0 spiro atoms. The molecule has 3 aromatic rings. The lowest BCUT2D eigenvalue weighted by Crippen LogP contribution is -2.40. The lowest BCUT2D eigenvalue weighted by molar-refractivity contribution is -0.118. The van der Waals surface area contributed by atoms with Gasteiger partial charge in [0, 0.05) is 17.6 Å². The number of para-hydroxylation sites is 1. The van der Waals surface area contributed by atoms with E-state index in [1.165, 1.54) is 16.9 Å². The zero-order valence-electron chi connectivity index (χ0n) is 15.5. The van der Waals surface area contributed by atoms with Gasteiger partial charge in [-0.15, -0.1) is 5.10 Å². The summed E-state index contributed by atoms with van der Waals surface area (Å²) < 4.78 is 1.79. The number of rotatable bonds is 3. The van der Waals surface area contributed by atoms with Crippen LogP contribution >= 0.6 is 11.3 Å². The molecule has 1 aromatic carbocycles. The van der Waals surface area contributed by atoms with E-state index in [1.807, 2.05) is 36.2 Å². The fourth-order valence-corrected chi connectivity index (χ4v) is 4.04. The fraction of sp³-hybridized carbons (Fsp3) is 0.421. The Morgan fingerprint density at radius 2 is 2.08 bits per heavy atom. The topological polar surface area (TPSA) is 62.5 Å². The Kier molecular flexibility index (Phi) is 3.99. The number of nitrogens with one attached hydrogen (secondary N) is 1. The Balaban J connectivity index is 1.49. The molecule has 7 heteroatoms. The first kappa shape index (κ1) is 17.0. The van der Waals surface area contributed by atoms with Crippen LogP contribution in [0.5, 0.6) is 0 Å². The Labute approximate surface area is 156 Å². The number of imidazole rings is 1. The summed E-state index contributed by atoms with van der Waals surface area (Å²) >= 11 is 1.47. The van der Waals surface area contributed by atoms with E-state index >= 15 is 0 Å². The van der Waals surface area contributed by atoms with Crippen LogP contribution in [-0.4, -0.2) is 33.1 Å².